The predicted molar refractivity (Wildman–Crippen MR) is 267 cm³/mol. The Labute approximate surface area is 411 Å². The van der Waals surface area contributed by atoms with E-state index >= 15 is 0 Å². The molecule has 2 N–H and O–H groups in total. The number of primary amides is 1. The number of amides is 5. The summed E-state index contributed by atoms with van der Waals surface area (Å²) < 4.78 is 18.7. The smallest absolute Gasteiger partial charge is 0.359 e. The van der Waals surface area contributed by atoms with E-state index in [0.29, 0.717) is 103 Å². The summed E-state index contributed by atoms with van der Waals surface area (Å²) in [7, 11) is 3.15. The molecule has 0 bridgehead atoms. The molecule has 10 rings (SSSR count). The molecule has 2 saturated heterocycles. The van der Waals surface area contributed by atoms with Crippen LogP contribution in [0.3, 0.4) is 0 Å². The SMILES string of the molecule is C.CCOC(=O)c1nn(-c2ccc(OC)cc2)c2c1CCN(c1ccc(N3CCCCC3=O)cc1)C2=O.COc1ccc(-n2nc(C(N)=O)c3c2C(=O)N(c2ccc(N4CCCCC4=O)cc2)CC3)cc1. The van der Waals surface area contributed by atoms with Crippen LogP contribution in [0.1, 0.15) is 106 Å². The normalized spacial score (nSPS) is 15.5. The first-order valence-electron chi connectivity index (χ1n) is 23.4. The van der Waals surface area contributed by atoms with Crippen LogP contribution in [0, 0.1) is 0 Å². The molecule has 0 saturated carbocycles. The molecule has 0 atom stereocenters. The molecule has 0 unspecified atom stereocenters. The molecule has 0 aliphatic carbocycles. The van der Waals surface area contributed by atoms with E-state index in [0.717, 1.165) is 42.7 Å². The number of nitrogens with two attached hydrogens (primary N) is 1. The van der Waals surface area contributed by atoms with E-state index in [9.17, 15) is 28.8 Å². The van der Waals surface area contributed by atoms with E-state index in [1.165, 1.54) is 9.36 Å². The van der Waals surface area contributed by atoms with E-state index in [-0.39, 0.29) is 49.1 Å². The van der Waals surface area contributed by atoms with Crippen LogP contribution in [-0.2, 0) is 27.2 Å². The average molecular weight is 964 g/mol. The number of nitrogens with zero attached hydrogens (tertiary/aromatic N) is 8. The van der Waals surface area contributed by atoms with Gasteiger partial charge in [0.2, 0.25) is 11.8 Å². The molecule has 6 heterocycles. The Hall–Kier alpha value is -8.28. The second kappa shape index (κ2) is 21.2. The fourth-order valence-corrected chi connectivity index (χ4v) is 9.38. The number of hydrogen-bond acceptors (Lipinski definition) is 11. The fraction of sp³-hybridized carbons (Fsp3) is 0.321. The predicted octanol–water partition coefficient (Wildman–Crippen LogP) is 7.11. The molecular weight excluding hydrogens is 907 g/mol. The molecule has 18 nitrogen and oxygen atoms in total. The largest absolute Gasteiger partial charge is 0.497 e. The van der Waals surface area contributed by atoms with Crippen molar-refractivity contribution in [2.24, 2.45) is 5.73 Å². The number of anilines is 4. The zero-order valence-electron chi connectivity index (χ0n) is 39.3. The summed E-state index contributed by atoms with van der Waals surface area (Å²) in [6.45, 7) is 4.16. The topological polar surface area (TPSA) is 205 Å². The Kier molecular flexibility index (Phi) is 14.6. The van der Waals surface area contributed by atoms with Crippen LogP contribution in [0.2, 0.25) is 0 Å². The first-order valence-corrected chi connectivity index (χ1v) is 23.4. The van der Waals surface area contributed by atoms with Crippen molar-refractivity contribution in [2.45, 2.75) is 65.7 Å². The summed E-state index contributed by atoms with van der Waals surface area (Å²) in [6.07, 6.45) is 5.85. The van der Waals surface area contributed by atoms with Crippen molar-refractivity contribution >= 4 is 58.3 Å². The summed E-state index contributed by atoms with van der Waals surface area (Å²) in [6, 6.07) is 29.1. The van der Waals surface area contributed by atoms with E-state index < -0.39 is 11.9 Å². The number of aromatic nitrogens is 4. The fourth-order valence-electron chi connectivity index (χ4n) is 9.38. The molecule has 5 amide bonds. The van der Waals surface area contributed by atoms with Crippen molar-refractivity contribution in [1.29, 1.82) is 0 Å². The van der Waals surface area contributed by atoms with Gasteiger partial charge in [0.25, 0.3) is 17.7 Å². The number of ether oxygens (including phenoxy) is 3. The van der Waals surface area contributed by atoms with Crippen LogP contribution >= 0.6 is 0 Å². The molecule has 2 fully saturated rings. The van der Waals surface area contributed by atoms with Crippen molar-refractivity contribution in [3.63, 3.8) is 0 Å². The van der Waals surface area contributed by atoms with Crippen LogP contribution in [0.5, 0.6) is 11.5 Å². The van der Waals surface area contributed by atoms with Gasteiger partial charge in [-0.3, -0.25) is 24.0 Å². The third-order valence-corrected chi connectivity index (χ3v) is 13.0. The van der Waals surface area contributed by atoms with Gasteiger partial charge >= 0.3 is 5.97 Å². The highest BCUT2D eigenvalue weighted by Gasteiger charge is 2.37. The standard InChI is InChI=1S/C27H28N4O5.C25H25N5O4.CH4/c1-3-36-27(34)24-22-15-17-30(19-9-7-18(8-10-19)29-16-5-4-6-23(29)32)26(33)25(22)31(28-24)20-11-13-21(35-2)14-12-20;1-34-19-11-9-18(10-12-19)30-23-20(22(27-30)24(26)32)13-15-29(25(23)33)17-7-5-16(6-8-17)28-14-3-2-4-21(28)31;/h7-14H,3-6,15-17H2,1-2H3;5-12H,2-4,13-15H2,1H3,(H2,26,32);1H4. The second-order valence-electron chi connectivity index (χ2n) is 17.1. The highest BCUT2D eigenvalue weighted by molar-refractivity contribution is 6.10. The van der Waals surface area contributed by atoms with Crippen LogP contribution in [0.15, 0.2) is 97.1 Å². The minimum absolute atomic E-state index is 0. The zero-order chi connectivity index (χ0) is 49.1. The third kappa shape index (κ3) is 9.69. The Morgan fingerprint density at radius 1 is 0.507 bits per heavy atom. The molecule has 4 aromatic carbocycles. The summed E-state index contributed by atoms with van der Waals surface area (Å²) in [4.78, 5) is 83.6. The lowest BCUT2D eigenvalue weighted by atomic mass is 10.0. The van der Waals surface area contributed by atoms with E-state index in [1.54, 1.807) is 89.3 Å². The highest BCUT2D eigenvalue weighted by atomic mass is 16.5. The van der Waals surface area contributed by atoms with Crippen molar-refractivity contribution < 1.29 is 43.0 Å². The molecule has 71 heavy (non-hydrogen) atoms. The molecule has 4 aliphatic heterocycles. The van der Waals surface area contributed by atoms with Crippen molar-refractivity contribution in [3.05, 3.63) is 131 Å². The minimum atomic E-state index is -0.666. The van der Waals surface area contributed by atoms with Gasteiger partial charge in [0, 0.05) is 72.9 Å². The Morgan fingerprint density at radius 2 is 0.873 bits per heavy atom. The van der Waals surface area contributed by atoms with E-state index in [4.69, 9.17) is 19.9 Å². The molecule has 4 aliphatic rings. The second-order valence-corrected chi connectivity index (χ2v) is 17.1. The molecular formula is C53H57N9O9. The summed E-state index contributed by atoms with van der Waals surface area (Å²) in [5.41, 5.74) is 12.0. The first kappa shape index (κ1) is 49.2. The molecule has 0 radical (unpaired) electrons. The summed E-state index contributed by atoms with van der Waals surface area (Å²) in [5.74, 6) is -0.137. The maximum atomic E-state index is 13.8. The van der Waals surface area contributed by atoms with Gasteiger partial charge in [0.15, 0.2) is 11.4 Å². The van der Waals surface area contributed by atoms with Crippen LogP contribution in [0.4, 0.5) is 22.7 Å². The van der Waals surface area contributed by atoms with E-state index in [2.05, 4.69) is 10.2 Å². The number of carbonyl (C=O) groups is 6. The average Bonchev–Trinajstić information content (AvgIpc) is 3.99. The van der Waals surface area contributed by atoms with Crippen LogP contribution < -0.4 is 34.8 Å². The lowest BCUT2D eigenvalue weighted by Crippen LogP contribution is -2.39. The number of esters is 1. The minimum Gasteiger partial charge on any atom is -0.497 e. The van der Waals surface area contributed by atoms with Gasteiger partial charge in [-0.15, -0.1) is 0 Å². The Balaban J connectivity index is 0.000000188. The molecule has 0 spiro atoms. The van der Waals surface area contributed by atoms with Gasteiger partial charge in [0.1, 0.15) is 22.9 Å². The Bertz CT molecular complexity index is 2960. The van der Waals surface area contributed by atoms with Gasteiger partial charge < -0.3 is 39.5 Å². The van der Waals surface area contributed by atoms with Crippen LogP contribution in [-0.4, -0.2) is 102 Å². The molecule has 6 aromatic rings. The number of hydrogen-bond donors (Lipinski definition) is 1. The molecule has 2 aromatic heterocycles. The van der Waals surface area contributed by atoms with Crippen LogP contribution in [0.25, 0.3) is 11.4 Å². The highest BCUT2D eigenvalue weighted by Crippen LogP contribution is 2.34. The summed E-state index contributed by atoms with van der Waals surface area (Å²) >= 11 is 0. The zero-order valence-corrected chi connectivity index (χ0v) is 39.3. The van der Waals surface area contributed by atoms with Gasteiger partial charge in [-0.05, 0) is 143 Å². The van der Waals surface area contributed by atoms with Gasteiger partial charge in [-0.25, -0.2) is 14.2 Å². The maximum Gasteiger partial charge on any atom is 0.359 e. The molecule has 368 valence electrons. The lowest BCUT2D eigenvalue weighted by Gasteiger charge is -2.29. The van der Waals surface area contributed by atoms with Gasteiger partial charge in [0.05, 0.1) is 32.2 Å². The number of rotatable bonds is 11. The number of piperidine rings is 2. The van der Waals surface area contributed by atoms with Crippen molar-refractivity contribution in [3.8, 4) is 22.9 Å². The number of carbonyl (C=O) groups excluding carboxylic acids is 6. The first-order chi connectivity index (χ1) is 34.0. The lowest BCUT2D eigenvalue weighted by molar-refractivity contribution is -0.120. The number of methoxy groups -OCH3 is 2. The Morgan fingerprint density at radius 3 is 1.24 bits per heavy atom. The van der Waals surface area contributed by atoms with E-state index in [1.807, 2.05) is 48.5 Å². The molecule has 18 heteroatoms. The van der Waals surface area contributed by atoms with Gasteiger partial charge in [-0.2, -0.15) is 10.2 Å². The third-order valence-electron chi connectivity index (χ3n) is 13.0. The van der Waals surface area contributed by atoms with Crippen molar-refractivity contribution in [1.82, 2.24) is 19.6 Å². The summed E-state index contributed by atoms with van der Waals surface area (Å²) in [5, 5.41) is 8.90. The maximum absolute atomic E-state index is 13.8. The van der Waals surface area contributed by atoms with Crippen molar-refractivity contribution in [2.75, 3.05) is 66.6 Å². The number of benzene rings is 4. The monoisotopic (exact) mass is 963 g/mol. The number of fused-ring (bicyclic) bond motifs is 2. The quantitative estimate of drug-likeness (QED) is 0.130. The van der Waals surface area contributed by atoms with Gasteiger partial charge in [-0.1, -0.05) is 7.43 Å².